The van der Waals surface area contributed by atoms with E-state index < -0.39 is 0 Å². The summed E-state index contributed by atoms with van der Waals surface area (Å²) in [5.41, 5.74) is 6.66. The van der Waals surface area contributed by atoms with E-state index in [0.29, 0.717) is 29.7 Å². The number of nitrogens with zero attached hydrogens (tertiary/aromatic N) is 2. The molecule has 51 heavy (non-hydrogen) atoms. The molecule has 0 aromatic rings. The Hall–Kier alpha value is -2.09. The van der Waals surface area contributed by atoms with Crippen LogP contribution in [0.4, 0.5) is 0 Å². The number of aliphatic hydroxyl groups is 2. The van der Waals surface area contributed by atoms with E-state index in [0.717, 1.165) is 38.5 Å². The van der Waals surface area contributed by atoms with Crippen molar-refractivity contribution in [3.8, 4) is 0 Å². The zero-order valence-corrected chi connectivity index (χ0v) is 36.7. The standard InChI is InChI=1S/C11H19NO.C10H18O.C9H16O.C7H15NO2.C7H14/c1-10(2,3)8-6-11(4,5)9(13)7-12-8;1-10(2,3)8-4-6-9(11)7-5-8;1-9(2,3)7-4-5-8(10)6-7;1-7(2,3)6(8-9)5-10-4;1-6(2)7(3,4)5/h6-7H2,1-5H3;4,9,11H,5-7H2,1-3H3;4,8,10H,5-6H2,1-3H3;9H,5H2,1-4H3;1H2,2-5H3/b;;;8-6-;. The Morgan fingerprint density at radius 1 is 0.843 bits per heavy atom. The molecule has 7 heteroatoms. The molecule has 0 spiro atoms. The second kappa shape index (κ2) is 21.0. The van der Waals surface area contributed by atoms with Crippen LogP contribution in [0.1, 0.15) is 163 Å². The number of carbonyl (C=O) groups is 1. The van der Waals surface area contributed by atoms with Crippen molar-refractivity contribution in [2.75, 3.05) is 20.3 Å². The van der Waals surface area contributed by atoms with Gasteiger partial charge in [0.25, 0.3) is 0 Å². The first-order chi connectivity index (χ1) is 22.7. The van der Waals surface area contributed by atoms with Crippen molar-refractivity contribution < 1.29 is 25.0 Å². The first-order valence-electron chi connectivity index (χ1n) is 18.9. The Labute approximate surface area is 315 Å². The zero-order valence-electron chi connectivity index (χ0n) is 36.7. The molecule has 3 rings (SSSR count). The maximum atomic E-state index is 11.5. The molecule has 2 unspecified atom stereocenters. The molecule has 7 nitrogen and oxygen atoms in total. The van der Waals surface area contributed by atoms with Gasteiger partial charge in [0.15, 0.2) is 5.78 Å². The fraction of sp³-hybridized carbons (Fsp3) is 0.795. The van der Waals surface area contributed by atoms with E-state index in [1.807, 2.05) is 34.6 Å². The Bertz CT molecular complexity index is 1190. The molecule has 3 N–H and O–H groups in total. The van der Waals surface area contributed by atoms with Crippen molar-refractivity contribution in [3.63, 3.8) is 0 Å². The molecule has 1 heterocycles. The second-order valence-electron chi connectivity index (χ2n) is 20.2. The van der Waals surface area contributed by atoms with Gasteiger partial charge in [-0.25, -0.2) is 0 Å². The van der Waals surface area contributed by atoms with E-state index in [-0.39, 0.29) is 39.7 Å². The number of ether oxygens (including phenoxy) is 1. The number of ketones is 1. The van der Waals surface area contributed by atoms with Crippen molar-refractivity contribution in [1.82, 2.24) is 0 Å². The molecule has 0 radical (unpaired) electrons. The van der Waals surface area contributed by atoms with Crippen molar-refractivity contribution in [3.05, 3.63) is 35.5 Å². The van der Waals surface area contributed by atoms with Crippen LogP contribution < -0.4 is 0 Å². The Balaban J connectivity index is 0. The molecule has 298 valence electrons. The number of aliphatic imine (C=N–C) groups is 1. The summed E-state index contributed by atoms with van der Waals surface area (Å²) >= 11 is 0. The van der Waals surface area contributed by atoms with Crippen molar-refractivity contribution >= 4 is 17.2 Å². The van der Waals surface area contributed by atoms with Gasteiger partial charge in [0.1, 0.15) is 0 Å². The van der Waals surface area contributed by atoms with Crippen LogP contribution in [0.15, 0.2) is 45.6 Å². The topological polar surface area (TPSA) is 112 Å². The monoisotopic (exact) mass is 719 g/mol. The van der Waals surface area contributed by atoms with Crippen LogP contribution in [0, 0.1) is 32.5 Å². The fourth-order valence-corrected chi connectivity index (χ4v) is 4.80. The summed E-state index contributed by atoms with van der Waals surface area (Å²) in [7, 11) is 1.58. The highest BCUT2D eigenvalue weighted by Gasteiger charge is 2.36. The summed E-state index contributed by atoms with van der Waals surface area (Å²) in [6.45, 7) is 42.8. The summed E-state index contributed by atoms with van der Waals surface area (Å²) in [5, 5.41) is 30.1. The third kappa shape index (κ3) is 21.9. The summed E-state index contributed by atoms with van der Waals surface area (Å²) in [4.78, 5) is 15.8. The van der Waals surface area contributed by atoms with Gasteiger partial charge in [-0.05, 0) is 67.1 Å². The maximum Gasteiger partial charge on any atom is 0.160 e. The predicted molar refractivity (Wildman–Crippen MR) is 220 cm³/mol. The van der Waals surface area contributed by atoms with E-state index in [9.17, 15) is 15.0 Å². The van der Waals surface area contributed by atoms with Gasteiger partial charge in [-0.2, -0.15) is 0 Å². The predicted octanol–water partition coefficient (Wildman–Crippen LogP) is 11.2. The van der Waals surface area contributed by atoms with Gasteiger partial charge < -0.3 is 20.2 Å². The molecular formula is C44H82N2O5. The van der Waals surface area contributed by atoms with Crippen LogP contribution >= 0.6 is 0 Å². The van der Waals surface area contributed by atoms with Crippen LogP contribution in [0.3, 0.4) is 0 Å². The molecule has 0 bridgehead atoms. The third-order valence-corrected chi connectivity index (χ3v) is 9.59. The molecule has 2 aliphatic carbocycles. The van der Waals surface area contributed by atoms with E-state index >= 15 is 0 Å². The highest BCUT2D eigenvalue weighted by Crippen LogP contribution is 2.35. The number of Topliss-reactive ketones (excluding diaryl/α,β-unsaturated/α-hetero) is 1. The molecule has 2 atom stereocenters. The summed E-state index contributed by atoms with van der Waals surface area (Å²) in [5.74, 6) is 0.264. The number of hydrogen-bond donors (Lipinski definition) is 3. The molecule has 0 aromatic carbocycles. The average Bonchev–Trinajstić information content (AvgIpc) is 3.40. The van der Waals surface area contributed by atoms with Crippen molar-refractivity contribution in [2.45, 2.75) is 175 Å². The van der Waals surface area contributed by atoms with Gasteiger partial charge in [-0.1, -0.05) is 158 Å². The summed E-state index contributed by atoms with van der Waals surface area (Å²) in [6.07, 6.45) is 9.61. The van der Waals surface area contributed by atoms with Crippen molar-refractivity contribution in [2.24, 2.45) is 42.6 Å². The minimum atomic E-state index is -0.204. The molecule has 0 saturated carbocycles. The lowest BCUT2D eigenvalue weighted by Gasteiger charge is -2.33. The lowest BCUT2D eigenvalue weighted by molar-refractivity contribution is -0.125. The van der Waals surface area contributed by atoms with Crippen LogP contribution in [-0.4, -0.2) is 65.1 Å². The minimum Gasteiger partial charge on any atom is -0.411 e. The van der Waals surface area contributed by atoms with Crippen LogP contribution in [0.5, 0.6) is 0 Å². The molecule has 0 saturated heterocycles. The van der Waals surface area contributed by atoms with E-state index in [4.69, 9.17) is 9.94 Å². The third-order valence-electron chi connectivity index (χ3n) is 9.59. The first kappa shape index (κ1) is 51.0. The SMILES string of the molecule is C=C(C)C(C)(C)C.CC(C)(C)C1=CCC(O)C1.CC(C)(C)C1=CCC(O)CC1.CC(C)(C)C1=NCC(=O)C(C)(C)C1.COC/C(=N/O)C(C)(C)C. The Morgan fingerprint density at radius 2 is 1.29 bits per heavy atom. The minimum absolute atomic E-state index is 0.0823. The van der Waals surface area contributed by atoms with Gasteiger partial charge in [0, 0.05) is 23.7 Å². The highest BCUT2D eigenvalue weighted by molar-refractivity contribution is 6.00. The largest absolute Gasteiger partial charge is 0.411 e. The van der Waals surface area contributed by atoms with Crippen LogP contribution in [-0.2, 0) is 9.53 Å². The maximum absolute atomic E-state index is 11.5. The number of aliphatic hydroxyl groups excluding tert-OH is 2. The number of allylic oxidation sites excluding steroid dienone is 2. The van der Waals surface area contributed by atoms with Gasteiger partial charge in [0.2, 0.25) is 0 Å². The molecule has 3 aliphatic rings. The Kier molecular flexibility index (Phi) is 21.0. The van der Waals surface area contributed by atoms with Gasteiger partial charge in [-0.15, -0.1) is 0 Å². The lowest BCUT2D eigenvalue weighted by Crippen LogP contribution is -2.38. The lowest BCUT2D eigenvalue weighted by atomic mass is 9.74. The zero-order chi connectivity index (χ0) is 40.8. The molecular weight excluding hydrogens is 636 g/mol. The number of oxime groups is 1. The molecule has 0 fully saturated rings. The van der Waals surface area contributed by atoms with E-state index in [1.165, 1.54) is 22.4 Å². The van der Waals surface area contributed by atoms with E-state index in [1.54, 1.807) is 7.11 Å². The molecule has 0 aromatic heterocycles. The number of hydrogen-bond acceptors (Lipinski definition) is 7. The number of rotatable bonds is 2. The van der Waals surface area contributed by atoms with Crippen LogP contribution in [0.2, 0.25) is 0 Å². The quantitative estimate of drug-likeness (QED) is 0.114. The Morgan fingerprint density at radius 3 is 1.53 bits per heavy atom. The molecule has 0 amide bonds. The molecule has 1 aliphatic heterocycles. The first-order valence-corrected chi connectivity index (χ1v) is 18.9. The average molecular weight is 719 g/mol. The van der Waals surface area contributed by atoms with Gasteiger partial charge in [-0.3, -0.25) is 9.79 Å². The van der Waals surface area contributed by atoms with E-state index in [2.05, 4.69) is 119 Å². The van der Waals surface area contributed by atoms with Crippen LogP contribution in [0.25, 0.3) is 0 Å². The van der Waals surface area contributed by atoms with Gasteiger partial charge >= 0.3 is 0 Å². The fourth-order valence-electron chi connectivity index (χ4n) is 4.80. The summed E-state index contributed by atoms with van der Waals surface area (Å²) in [6, 6.07) is 0. The van der Waals surface area contributed by atoms with Crippen molar-refractivity contribution in [1.29, 1.82) is 0 Å². The normalized spacial score (nSPS) is 21.1. The summed E-state index contributed by atoms with van der Waals surface area (Å²) < 4.78 is 4.83. The smallest absolute Gasteiger partial charge is 0.160 e. The number of methoxy groups -OCH3 is 1. The van der Waals surface area contributed by atoms with Gasteiger partial charge in [0.05, 0.1) is 31.1 Å². The highest BCUT2D eigenvalue weighted by atomic mass is 16.5. The second-order valence-corrected chi connectivity index (χ2v) is 20.2. The number of carbonyl (C=O) groups excluding carboxylic acids is 1.